The average molecular weight is 878 g/mol. The van der Waals surface area contributed by atoms with Crippen molar-refractivity contribution in [2.45, 2.75) is 0 Å². The van der Waals surface area contributed by atoms with Gasteiger partial charge in [-0.1, -0.05) is 78.9 Å². The molecule has 0 bridgehead atoms. The topological polar surface area (TPSA) is 37.6 Å². The molecule has 0 aliphatic rings. The van der Waals surface area contributed by atoms with Crippen molar-refractivity contribution in [1.29, 1.82) is 0 Å². The first-order chi connectivity index (χ1) is 15.8. The number of rotatable bonds is 3. The van der Waals surface area contributed by atoms with Gasteiger partial charge in [-0.05, 0) is 51.3 Å². The standard InChI is InChI=1S/C12H10.C11H8BrN3.F6P.HI.Os/c1-3-7-11(8-4-1)12-9-5-2-6-10-12;12-9-6-7-11(13-8-9)15-14-10-4-2-1-3-5-10;1-7(2,3,4,5)6;;/h1-10H;1-8H;;1H;/q;;-1;;+4/p-1. The normalized spacial score (nSPS) is 12.2. The van der Waals surface area contributed by atoms with Gasteiger partial charge in [-0.15, -0.1) is 10.2 Å². The van der Waals surface area contributed by atoms with E-state index in [0.29, 0.717) is 5.82 Å². The molecular formula is C23H18BrF6IN3OsP+2. The van der Waals surface area contributed by atoms with E-state index in [1.165, 1.54) is 11.1 Å². The molecule has 0 N–H and O–H groups in total. The van der Waals surface area contributed by atoms with Gasteiger partial charge in [-0.2, -0.15) is 0 Å². The maximum absolute atomic E-state index is 10.7. The molecule has 13 heteroatoms. The maximum Gasteiger partial charge on any atom is 4.00 e. The van der Waals surface area contributed by atoms with E-state index in [-0.39, 0.29) is 43.8 Å². The Labute approximate surface area is 242 Å². The summed E-state index contributed by atoms with van der Waals surface area (Å²) in [7, 11) is -10.7. The van der Waals surface area contributed by atoms with E-state index in [0.717, 1.165) is 10.2 Å². The largest absolute Gasteiger partial charge is 4.00 e. The van der Waals surface area contributed by atoms with Crippen LogP contribution >= 0.6 is 23.7 Å². The molecule has 3 nitrogen and oxygen atoms in total. The van der Waals surface area contributed by atoms with E-state index in [4.69, 9.17) is 0 Å². The Bertz CT molecular complexity index is 1140. The van der Waals surface area contributed by atoms with Crippen LogP contribution in [0.4, 0.5) is 36.7 Å². The number of azo groups is 1. The van der Waals surface area contributed by atoms with Crippen LogP contribution in [0, 0.1) is 0 Å². The van der Waals surface area contributed by atoms with Crippen LogP contribution in [0.2, 0.25) is 0 Å². The molecule has 36 heavy (non-hydrogen) atoms. The molecule has 192 valence electrons. The van der Waals surface area contributed by atoms with Crippen molar-refractivity contribution >= 4 is 35.2 Å². The van der Waals surface area contributed by atoms with Crippen LogP contribution in [0.15, 0.2) is 124 Å². The van der Waals surface area contributed by atoms with Crippen LogP contribution in [-0.4, -0.2) is 4.98 Å². The van der Waals surface area contributed by atoms with Gasteiger partial charge in [0.05, 0.1) is 5.69 Å². The number of benzene rings is 3. The van der Waals surface area contributed by atoms with Crippen LogP contribution in [-0.2, 0) is 19.8 Å². The molecule has 0 aliphatic carbocycles. The number of halogens is 8. The van der Waals surface area contributed by atoms with Gasteiger partial charge in [0.15, 0.2) is 5.82 Å². The van der Waals surface area contributed by atoms with E-state index < -0.39 is 7.81 Å². The van der Waals surface area contributed by atoms with Crippen molar-refractivity contribution in [1.82, 2.24) is 4.98 Å². The van der Waals surface area contributed by atoms with Gasteiger partial charge >= 0.3 is 52.8 Å². The molecule has 1 heterocycles. The Balaban J connectivity index is 0.000000529. The fourth-order valence-corrected chi connectivity index (χ4v) is 2.53. The summed E-state index contributed by atoms with van der Waals surface area (Å²) >= 11 is 3.31. The number of hydrogen-bond donors (Lipinski definition) is 0. The average Bonchev–Trinajstić information content (AvgIpc) is 2.79. The van der Waals surface area contributed by atoms with E-state index in [1.54, 1.807) is 12.3 Å². The van der Waals surface area contributed by atoms with Gasteiger partial charge in [0.25, 0.3) is 0 Å². The second-order valence-electron chi connectivity index (χ2n) is 6.56. The van der Waals surface area contributed by atoms with Crippen molar-refractivity contribution in [3.63, 3.8) is 0 Å². The smallest absolute Gasteiger partial charge is 1.00 e. The summed E-state index contributed by atoms with van der Waals surface area (Å²) in [6.07, 6.45) is 1.69. The second-order valence-corrected chi connectivity index (χ2v) is 9.39. The molecule has 0 spiro atoms. The monoisotopic (exact) mass is 879 g/mol. The van der Waals surface area contributed by atoms with E-state index in [9.17, 15) is 25.2 Å². The van der Waals surface area contributed by atoms with Crippen molar-refractivity contribution in [3.8, 4) is 11.1 Å². The first-order valence-corrected chi connectivity index (χ1v) is 12.3. The van der Waals surface area contributed by atoms with Crippen LogP contribution in [0.3, 0.4) is 0 Å². The Morgan fingerprint density at radius 1 is 0.583 bits per heavy atom. The number of nitrogens with zero attached hydrogens (tertiary/aromatic N) is 3. The van der Waals surface area contributed by atoms with Gasteiger partial charge in [0, 0.05) is 10.7 Å². The summed E-state index contributed by atoms with van der Waals surface area (Å²) in [4.78, 5) is 4.09. The Morgan fingerprint density at radius 2 is 0.972 bits per heavy atom. The van der Waals surface area contributed by atoms with Crippen LogP contribution < -0.4 is 24.0 Å². The molecule has 0 fully saturated rings. The van der Waals surface area contributed by atoms with Gasteiger partial charge in [0.1, 0.15) is 0 Å². The fraction of sp³-hybridized carbons (Fsp3) is 0. The molecule has 1 aromatic heterocycles. The summed E-state index contributed by atoms with van der Waals surface area (Å²) < 4.78 is 60.1. The van der Waals surface area contributed by atoms with E-state index in [2.05, 4.69) is 79.7 Å². The Hall–Kier alpha value is -1.73. The molecule has 0 aliphatic heterocycles. The van der Waals surface area contributed by atoms with Crippen molar-refractivity contribution < 1.29 is 68.9 Å². The van der Waals surface area contributed by atoms with Gasteiger partial charge in [-0.25, -0.2) is 4.98 Å². The third-order valence-electron chi connectivity index (χ3n) is 3.62. The predicted molar refractivity (Wildman–Crippen MR) is 128 cm³/mol. The van der Waals surface area contributed by atoms with Gasteiger partial charge < -0.3 is 24.0 Å². The van der Waals surface area contributed by atoms with Crippen molar-refractivity contribution in [2.24, 2.45) is 10.2 Å². The molecule has 0 saturated heterocycles. The van der Waals surface area contributed by atoms with Crippen LogP contribution in [0.25, 0.3) is 11.1 Å². The maximum atomic E-state index is 9.87. The third-order valence-corrected chi connectivity index (χ3v) is 4.09. The molecule has 4 aromatic rings. The minimum absolute atomic E-state index is 0. The zero-order chi connectivity index (χ0) is 25.1. The van der Waals surface area contributed by atoms with E-state index >= 15 is 0 Å². The fourth-order valence-electron chi connectivity index (χ4n) is 2.29. The summed E-state index contributed by atoms with van der Waals surface area (Å²) in [5.74, 6) is 0.599. The van der Waals surface area contributed by atoms with E-state index in [1.807, 2.05) is 48.5 Å². The Morgan fingerprint density at radius 3 is 1.33 bits per heavy atom. The summed E-state index contributed by atoms with van der Waals surface area (Å²) in [5, 5.41) is 8.06. The molecule has 0 amide bonds. The minimum Gasteiger partial charge on any atom is -1.00 e. The summed E-state index contributed by atoms with van der Waals surface area (Å²) in [6, 6.07) is 34.0. The molecule has 0 unspecified atom stereocenters. The first kappa shape index (κ1) is 34.3. The van der Waals surface area contributed by atoms with Crippen molar-refractivity contribution in [2.75, 3.05) is 0 Å². The summed E-state index contributed by atoms with van der Waals surface area (Å²) in [5.41, 5.74) is 3.37. The Kier molecular flexibility index (Phi) is 13.6. The first-order valence-electron chi connectivity index (χ1n) is 9.51. The SMILES string of the molecule is Brc1ccc(N=Nc2ccccc2)nc1.F[P-](F)(F)(F)(F)F.[I-].[Os+4].c1ccc(-c2ccccc2)cc1. The van der Waals surface area contributed by atoms with Gasteiger partial charge in [0.2, 0.25) is 0 Å². The molecule has 0 radical (unpaired) electrons. The second kappa shape index (κ2) is 14.3. The zero-order valence-corrected chi connectivity index (χ0v) is 25.2. The quantitative estimate of drug-likeness (QED) is 0.0891. The van der Waals surface area contributed by atoms with Crippen LogP contribution in [0.1, 0.15) is 0 Å². The molecule has 4 rings (SSSR count). The zero-order valence-electron chi connectivity index (χ0n) is 18.1. The molecule has 3 aromatic carbocycles. The van der Waals surface area contributed by atoms with Crippen molar-refractivity contribution in [3.05, 3.63) is 114 Å². The predicted octanol–water partition coefficient (Wildman–Crippen LogP) is 8.00. The minimum atomic E-state index is -10.7. The molecular weight excluding hydrogens is 860 g/mol. The molecule has 0 saturated carbocycles. The number of pyridine rings is 1. The molecule has 0 atom stereocenters. The third kappa shape index (κ3) is 18.5. The number of aromatic nitrogens is 1. The summed E-state index contributed by atoms with van der Waals surface area (Å²) in [6.45, 7) is 0. The van der Waals surface area contributed by atoms with Gasteiger partial charge in [-0.3, -0.25) is 0 Å². The van der Waals surface area contributed by atoms with Crippen LogP contribution in [0.5, 0.6) is 0 Å². The number of hydrogen-bond acceptors (Lipinski definition) is 3.